The lowest BCUT2D eigenvalue weighted by Gasteiger charge is -2.16. The average molecular weight is 234 g/mol. The van der Waals surface area contributed by atoms with Gasteiger partial charge in [-0.3, -0.25) is 4.79 Å². The molecular formula is C12H18N4O. The fraction of sp³-hybridized carbons (Fsp3) is 0.500. The second kappa shape index (κ2) is 5.14. The predicted octanol–water partition coefficient (Wildman–Crippen LogP) is 1.13. The van der Waals surface area contributed by atoms with Crippen molar-refractivity contribution in [2.24, 2.45) is 11.8 Å². The van der Waals surface area contributed by atoms with E-state index in [0.717, 1.165) is 18.5 Å². The molecule has 0 bridgehead atoms. The summed E-state index contributed by atoms with van der Waals surface area (Å²) < 4.78 is 0. The van der Waals surface area contributed by atoms with Crippen LogP contribution in [-0.4, -0.2) is 22.3 Å². The Bertz CT molecular complexity index is 390. The SMILES string of the molecule is CCC1CC(=O)N(Cc2ccc(NN)nc2)C1. The van der Waals surface area contributed by atoms with Crippen molar-refractivity contribution < 1.29 is 4.79 Å². The van der Waals surface area contributed by atoms with Gasteiger partial charge in [0.25, 0.3) is 0 Å². The van der Waals surface area contributed by atoms with Crippen molar-refractivity contribution in [3.05, 3.63) is 23.9 Å². The van der Waals surface area contributed by atoms with Crippen LogP contribution in [-0.2, 0) is 11.3 Å². The van der Waals surface area contributed by atoms with Gasteiger partial charge in [-0.25, -0.2) is 10.8 Å². The monoisotopic (exact) mass is 234 g/mol. The van der Waals surface area contributed by atoms with E-state index in [9.17, 15) is 4.79 Å². The molecule has 0 radical (unpaired) electrons. The van der Waals surface area contributed by atoms with Crippen LogP contribution in [0.5, 0.6) is 0 Å². The Balaban J connectivity index is 1.98. The highest BCUT2D eigenvalue weighted by Gasteiger charge is 2.27. The van der Waals surface area contributed by atoms with Crippen molar-refractivity contribution in [3.63, 3.8) is 0 Å². The van der Waals surface area contributed by atoms with Gasteiger partial charge in [0.15, 0.2) is 0 Å². The number of hydrazine groups is 1. The minimum Gasteiger partial charge on any atom is -0.338 e. The fourth-order valence-corrected chi connectivity index (χ4v) is 2.10. The number of likely N-dealkylation sites (tertiary alicyclic amines) is 1. The van der Waals surface area contributed by atoms with Crippen molar-refractivity contribution in [1.29, 1.82) is 0 Å². The van der Waals surface area contributed by atoms with E-state index in [2.05, 4.69) is 17.3 Å². The number of amides is 1. The van der Waals surface area contributed by atoms with Crippen LogP contribution in [0.2, 0.25) is 0 Å². The van der Waals surface area contributed by atoms with E-state index in [1.807, 2.05) is 17.0 Å². The first-order chi connectivity index (χ1) is 8.22. The topological polar surface area (TPSA) is 71.2 Å². The van der Waals surface area contributed by atoms with Gasteiger partial charge in [0, 0.05) is 25.7 Å². The first-order valence-electron chi connectivity index (χ1n) is 5.92. The van der Waals surface area contributed by atoms with Crippen LogP contribution < -0.4 is 11.3 Å². The molecule has 1 fully saturated rings. The van der Waals surface area contributed by atoms with E-state index in [1.54, 1.807) is 6.20 Å². The van der Waals surface area contributed by atoms with Crippen LogP contribution in [0.25, 0.3) is 0 Å². The number of nitrogen functional groups attached to an aromatic ring is 1. The number of pyridine rings is 1. The summed E-state index contributed by atoms with van der Waals surface area (Å²) in [6, 6.07) is 3.75. The molecular weight excluding hydrogens is 216 g/mol. The summed E-state index contributed by atoms with van der Waals surface area (Å²) in [5.74, 6) is 6.64. The van der Waals surface area contributed by atoms with Crippen molar-refractivity contribution in [1.82, 2.24) is 9.88 Å². The maximum absolute atomic E-state index is 11.7. The van der Waals surface area contributed by atoms with Gasteiger partial charge in [-0.15, -0.1) is 0 Å². The van der Waals surface area contributed by atoms with Gasteiger partial charge in [0.05, 0.1) is 0 Å². The molecule has 3 N–H and O–H groups in total. The summed E-state index contributed by atoms with van der Waals surface area (Å²) in [5.41, 5.74) is 3.52. The molecule has 1 amide bonds. The van der Waals surface area contributed by atoms with Crippen molar-refractivity contribution in [3.8, 4) is 0 Å². The number of nitrogens with two attached hydrogens (primary N) is 1. The van der Waals surface area contributed by atoms with E-state index in [1.165, 1.54) is 0 Å². The molecule has 0 aromatic carbocycles. The second-order valence-corrected chi connectivity index (χ2v) is 4.45. The fourth-order valence-electron chi connectivity index (χ4n) is 2.10. The minimum absolute atomic E-state index is 0.248. The van der Waals surface area contributed by atoms with Gasteiger partial charge in [-0.05, 0) is 17.5 Å². The molecule has 2 heterocycles. The molecule has 1 aliphatic rings. The zero-order chi connectivity index (χ0) is 12.3. The summed E-state index contributed by atoms with van der Waals surface area (Å²) >= 11 is 0. The normalized spacial score (nSPS) is 19.8. The largest absolute Gasteiger partial charge is 0.338 e. The Hall–Kier alpha value is -1.62. The van der Waals surface area contributed by atoms with Crippen LogP contribution in [0.3, 0.4) is 0 Å². The molecule has 17 heavy (non-hydrogen) atoms. The maximum atomic E-state index is 11.7. The van der Waals surface area contributed by atoms with Crippen molar-refractivity contribution in [2.75, 3.05) is 12.0 Å². The van der Waals surface area contributed by atoms with Gasteiger partial charge in [0.1, 0.15) is 5.82 Å². The standard InChI is InChI=1S/C12H18N4O/c1-2-9-5-12(17)16(7-9)8-10-3-4-11(15-13)14-6-10/h3-4,6,9H,2,5,7-8,13H2,1H3,(H,14,15). The second-order valence-electron chi connectivity index (χ2n) is 4.45. The molecule has 1 aliphatic heterocycles. The van der Waals surface area contributed by atoms with Gasteiger partial charge in [-0.1, -0.05) is 19.4 Å². The Kier molecular flexibility index (Phi) is 3.58. The highest BCUT2D eigenvalue weighted by atomic mass is 16.2. The number of aromatic nitrogens is 1. The third-order valence-electron chi connectivity index (χ3n) is 3.22. The Morgan fingerprint density at radius 2 is 2.41 bits per heavy atom. The number of rotatable bonds is 4. The number of anilines is 1. The zero-order valence-corrected chi connectivity index (χ0v) is 10.0. The molecule has 92 valence electrons. The van der Waals surface area contributed by atoms with E-state index in [0.29, 0.717) is 24.7 Å². The lowest BCUT2D eigenvalue weighted by Crippen LogP contribution is -2.24. The average Bonchev–Trinajstić information content (AvgIpc) is 2.71. The third-order valence-corrected chi connectivity index (χ3v) is 3.22. The molecule has 0 spiro atoms. The summed E-state index contributed by atoms with van der Waals surface area (Å²) in [7, 11) is 0. The van der Waals surface area contributed by atoms with Crippen LogP contribution in [0.15, 0.2) is 18.3 Å². The van der Waals surface area contributed by atoms with Gasteiger partial charge in [-0.2, -0.15) is 0 Å². The van der Waals surface area contributed by atoms with Crippen LogP contribution >= 0.6 is 0 Å². The molecule has 2 rings (SSSR count). The lowest BCUT2D eigenvalue weighted by molar-refractivity contribution is -0.128. The predicted molar refractivity (Wildman–Crippen MR) is 65.9 cm³/mol. The van der Waals surface area contributed by atoms with Gasteiger partial charge >= 0.3 is 0 Å². The number of hydrogen-bond acceptors (Lipinski definition) is 4. The smallest absolute Gasteiger partial charge is 0.223 e. The highest BCUT2D eigenvalue weighted by molar-refractivity contribution is 5.78. The summed E-state index contributed by atoms with van der Waals surface area (Å²) in [6.45, 7) is 3.64. The third kappa shape index (κ3) is 2.74. The van der Waals surface area contributed by atoms with Crippen LogP contribution in [0.1, 0.15) is 25.3 Å². The zero-order valence-electron chi connectivity index (χ0n) is 10.0. The number of carbonyl (C=O) groups excluding carboxylic acids is 1. The van der Waals surface area contributed by atoms with Crippen LogP contribution in [0.4, 0.5) is 5.82 Å². The quantitative estimate of drug-likeness (QED) is 0.605. The summed E-state index contributed by atoms with van der Waals surface area (Å²) in [5, 5.41) is 0. The molecule has 5 heteroatoms. The van der Waals surface area contributed by atoms with Gasteiger partial charge in [0.2, 0.25) is 5.91 Å². The number of nitrogens with one attached hydrogen (secondary N) is 1. The summed E-state index contributed by atoms with van der Waals surface area (Å²) in [6.07, 6.45) is 3.50. The molecule has 1 aromatic rings. The molecule has 1 saturated heterocycles. The Morgan fingerprint density at radius 1 is 1.59 bits per heavy atom. The van der Waals surface area contributed by atoms with Crippen molar-refractivity contribution in [2.45, 2.75) is 26.3 Å². The molecule has 1 unspecified atom stereocenters. The molecule has 1 atom stereocenters. The molecule has 5 nitrogen and oxygen atoms in total. The lowest BCUT2D eigenvalue weighted by atomic mass is 10.1. The molecule has 0 aliphatic carbocycles. The number of carbonyl (C=O) groups is 1. The summed E-state index contributed by atoms with van der Waals surface area (Å²) in [4.78, 5) is 17.8. The molecule has 0 saturated carbocycles. The maximum Gasteiger partial charge on any atom is 0.223 e. The van der Waals surface area contributed by atoms with E-state index >= 15 is 0 Å². The van der Waals surface area contributed by atoms with Crippen LogP contribution in [0, 0.1) is 5.92 Å². The van der Waals surface area contributed by atoms with E-state index in [-0.39, 0.29) is 5.91 Å². The highest BCUT2D eigenvalue weighted by Crippen LogP contribution is 2.22. The first-order valence-corrected chi connectivity index (χ1v) is 5.92. The Labute approximate surface area is 101 Å². The Morgan fingerprint density at radius 3 is 2.94 bits per heavy atom. The van der Waals surface area contributed by atoms with Gasteiger partial charge < -0.3 is 10.3 Å². The number of nitrogens with zero attached hydrogens (tertiary/aromatic N) is 2. The minimum atomic E-state index is 0.248. The van der Waals surface area contributed by atoms with E-state index < -0.39 is 0 Å². The first kappa shape index (κ1) is 11.9. The number of hydrogen-bond donors (Lipinski definition) is 2. The van der Waals surface area contributed by atoms with E-state index in [4.69, 9.17) is 5.84 Å². The van der Waals surface area contributed by atoms with Crippen molar-refractivity contribution >= 4 is 11.7 Å². The molecule has 1 aromatic heterocycles.